The normalized spacial score (nSPS) is 13.6. The average molecular weight is 525 g/mol. The molecule has 0 saturated carbocycles. The molecule has 1 fully saturated rings. The van der Waals surface area contributed by atoms with E-state index in [0.29, 0.717) is 22.6 Å². The number of H-pyrrole nitrogens is 2. The highest BCUT2D eigenvalue weighted by molar-refractivity contribution is 6.45. The lowest BCUT2D eigenvalue weighted by Crippen LogP contribution is -2.52. The van der Waals surface area contributed by atoms with Gasteiger partial charge in [-0.15, -0.1) is 0 Å². The maximum atomic E-state index is 15.0. The Morgan fingerprint density at radius 1 is 0.923 bits per heavy atom. The second-order valence-corrected chi connectivity index (χ2v) is 8.93. The topological polar surface area (TPSA) is 141 Å². The maximum absolute atomic E-state index is 15.0. The van der Waals surface area contributed by atoms with Crippen LogP contribution in [0.5, 0.6) is 0 Å². The van der Waals surface area contributed by atoms with Gasteiger partial charge in [0.1, 0.15) is 11.5 Å². The van der Waals surface area contributed by atoms with Crippen molar-refractivity contribution in [1.82, 2.24) is 39.9 Å². The van der Waals surface area contributed by atoms with Gasteiger partial charge in [-0.25, -0.2) is 14.4 Å². The highest BCUT2D eigenvalue weighted by Gasteiger charge is 2.31. The average Bonchev–Trinajstić information content (AvgIpc) is 3.66. The molecule has 2 amide bonds. The van der Waals surface area contributed by atoms with E-state index >= 15 is 4.39 Å². The minimum absolute atomic E-state index is 0.0189. The van der Waals surface area contributed by atoms with Crippen molar-refractivity contribution in [2.24, 2.45) is 0 Å². The number of aromatic nitrogens is 6. The fourth-order valence-electron chi connectivity index (χ4n) is 4.63. The lowest BCUT2D eigenvalue weighted by atomic mass is 10.0. The number of ketones is 1. The second kappa shape index (κ2) is 9.89. The highest BCUT2D eigenvalue weighted by Crippen LogP contribution is 2.31. The molecule has 6 rings (SSSR count). The number of halogens is 1. The number of nitrogens with zero attached hydrogens (tertiary/aromatic N) is 6. The number of fused-ring (bicyclic) bond motifs is 1. The van der Waals surface area contributed by atoms with Gasteiger partial charge in [0.2, 0.25) is 0 Å². The van der Waals surface area contributed by atoms with E-state index in [9.17, 15) is 14.4 Å². The van der Waals surface area contributed by atoms with Crippen LogP contribution in [0.1, 0.15) is 20.7 Å². The van der Waals surface area contributed by atoms with Gasteiger partial charge < -0.3 is 14.8 Å². The highest BCUT2D eigenvalue weighted by atomic mass is 19.1. The smallest absolute Gasteiger partial charge is 0.295 e. The van der Waals surface area contributed by atoms with Gasteiger partial charge in [-0.05, 0) is 24.3 Å². The van der Waals surface area contributed by atoms with Crippen molar-refractivity contribution in [3.63, 3.8) is 0 Å². The summed E-state index contributed by atoms with van der Waals surface area (Å²) < 4.78 is 15.0. The van der Waals surface area contributed by atoms with Gasteiger partial charge >= 0.3 is 0 Å². The number of Topliss-reactive ketones (excluding diaryl/α,β-unsaturated/α-hetero) is 1. The van der Waals surface area contributed by atoms with E-state index in [0.717, 1.165) is 0 Å². The predicted octanol–water partition coefficient (Wildman–Crippen LogP) is 2.72. The van der Waals surface area contributed by atoms with Crippen LogP contribution in [0.4, 0.5) is 4.39 Å². The molecule has 1 aliphatic rings. The molecule has 5 aromatic rings. The monoisotopic (exact) mass is 524 g/mol. The number of benzene rings is 2. The van der Waals surface area contributed by atoms with Crippen LogP contribution in [0.25, 0.3) is 33.8 Å². The van der Waals surface area contributed by atoms with Gasteiger partial charge in [0.25, 0.3) is 17.6 Å². The van der Waals surface area contributed by atoms with Crippen molar-refractivity contribution < 1.29 is 18.8 Å². The van der Waals surface area contributed by atoms with Crippen LogP contribution in [0.3, 0.4) is 0 Å². The van der Waals surface area contributed by atoms with Gasteiger partial charge in [-0.3, -0.25) is 24.5 Å². The Kier molecular flexibility index (Phi) is 6.11. The Morgan fingerprint density at radius 3 is 2.44 bits per heavy atom. The summed E-state index contributed by atoms with van der Waals surface area (Å²) in [6.07, 6.45) is 5.91. The molecule has 0 atom stereocenters. The number of rotatable bonds is 5. The molecule has 11 nitrogen and oxygen atoms in total. The maximum Gasteiger partial charge on any atom is 0.295 e. The molecule has 0 aliphatic carbocycles. The van der Waals surface area contributed by atoms with Crippen LogP contribution in [0.15, 0.2) is 67.3 Å². The van der Waals surface area contributed by atoms with Crippen molar-refractivity contribution in [3.8, 4) is 22.9 Å². The molecular weight excluding hydrogens is 503 g/mol. The summed E-state index contributed by atoms with van der Waals surface area (Å²) in [5.41, 5.74) is 1.69. The number of aromatic amines is 2. The van der Waals surface area contributed by atoms with E-state index in [2.05, 4.69) is 30.1 Å². The third-order valence-corrected chi connectivity index (χ3v) is 6.63. The molecule has 2 aromatic carbocycles. The summed E-state index contributed by atoms with van der Waals surface area (Å²) in [6.45, 7) is 0.972. The summed E-state index contributed by atoms with van der Waals surface area (Å²) in [6, 6.07) is 11.6. The molecular formula is C27H21FN8O3. The summed E-state index contributed by atoms with van der Waals surface area (Å²) in [5.74, 6) is -1.75. The van der Waals surface area contributed by atoms with Crippen LogP contribution < -0.4 is 0 Å². The Morgan fingerprint density at radius 2 is 1.69 bits per heavy atom. The fraction of sp³-hybridized carbons (Fsp3) is 0.148. The first-order valence-electron chi connectivity index (χ1n) is 12.2. The van der Waals surface area contributed by atoms with Crippen molar-refractivity contribution in [2.75, 3.05) is 26.2 Å². The molecule has 1 saturated heterocycles. The number of hydrogen-bond acceptors (Lipinski definition) is 7. The van der Waals surface area contributed by atoms with Crippen molar-refractivity contribution in [1.29, 1.82) is 0 Å². The standard InChI is InChI=1S/C27H21FN8O3/c28-19-7-6-17(24-32-25(34-33-24)20-15-29-8-9-30-20)22-21(19)18(14-31-22)23(37)27(39)36-12-10-35(11-13-36)26(38)16-4-2-1-3-5-16/h1-9,14-15,31H,10-13H2,(H,32,33,34). The van der Waals surface area contributed by atoms with Crippen molar-refractivity contribution in [3.05, 3.63) is 84.2 Å². The zero-order chi connectivity index (χ0) is 26.9. The van der Waals surface area contributed by atoms with E-state index in [-0.39, 0.29) is 54.4 Å². The second-order valence-electron chi connectivity index (χ2n) is 8.93. The minimum Gasteiger partial charge on any atom is -0.360 e. The number of piperazine rings is 1. The van der Waals surface area contributed by atoms with E-state index < -0.39 is 17.5 Å². The van der Waals surface area contributed by atoms with Gasteiger partial charge in [-0.1, -0.05) is 18.2 Å². The first-order chi connectivity index (χ1) is 19.0. The number of nitrogens with one attached hydrogen (secondary N) is 2. The molecule has 39 heavy (non-hydrogen) atoms. The van der Waals surface area contributed by atoms with Gasteiger partial charge in [0, 0.05) is 61.3 Å². The van der Waals surface area contributed by atoms with Gasteiger partial charge in [-0.2, -0.15) is 5.10 Å². The van der Waals surface area contributed by atoms with E-state index in [1.165, 1.54) is 41.8 Å². The summed E-state index contributed by atoms with van der Waals surface area (Å²) in [5, 5.41) is 6.98. The molecule has 0 bridgehead atoms. The van der Waals surface area contributed by atoms with E-state index in [1.54, 1.807) is 29.2 Å². The molecule has 0 radical (unpaired) electrons. The van der Waals surface area contributed by atoms with Gasteiger partial charge in [0.15, 0.2) is 11.6 Å². The van der Waals surface area contributed by atoms with E-state index in [4.69, 9.17) is 0 Å². The summed E-state index contributed by atoms with van der Waals surface area (Å²) in [7, 11) is 0. The SMILES string of the molecule is O=C(C(=O)N1CCN(C(=O)c2ccccc2)CC1)c1c[nH]c2c(-c3n[nH]c(-c4cnccn4)n3)ccc(F)c12. The van der Waals surface area contributed by atoms with Crippen LogP contribution in [0.2, 0.25) is 0 Å². The van der Waals surface area contributed by atoms with Crippen LogP contribution in [-0.4, -0.2) is 83.7 Å². The molecule has 12 heteroatoms. The number of carbonyl (C=O) groups is 3. The quantitative estimate of drug-likeness (QED) is 0.266. The Bertz CT molecular complexity index is 1690. The zero-order valence-corrected chi connectivity index (χ0v) is 20.5. The molecule has 1 aliphatic heterocycles. The lowest BCUT2D eigenvalue weighted by Gasteiger charge is -2.34. The molecule has 0 spiro atoms. The third-order valence-electron chi connectivity index (χ3n) is 6.63. The molecule has 4 heterocycles. The van der Waals surface area contributed by atoms with Crippen LogP contribution >= 0.6 is 0 Å². The summed E-state index contributed by atoms with van der Waals surface area (Å²) >= 11 is 0. The Labute approximate surface area is 220 Å². The number of hydrogen-bond donors (Lipinski definition) is 2. The first kappa shape index (κ1) is 24.1. The molecule has 2 N–H and O–H groups in total. The number of carbonyl (C=O) groups excluding carboxylic acids is 3. The minimum atomic E-state index is -0.838. The van der Waals surface area contributed by atoms with Crippen molar-refractivity contribution in [2.45, 2.75) is 0 Å². The Hall–Kier alpha value is -5.26. The van der Waals surface area contributed by atoms with Crippen LogP contribution in [-0.2, 0) is 4.79 Å². The predicted molar refractivity (Wildman–Crippen MR) is 138 cm³/mol. The summed E-state index contributed by atoms with van der Waals surface area (Å²) in [4.78, 5) is 57.6. The molecule has 194 valence electrons. The van der Waals surface area contributed by atoms with E-state index in [1.807, 2.05) is 6.07 Å². The molecule has 0 unspecified atom stereocenters. The van der Waals surface area contributed by atoms with Crippen LogP contribution in [0, 0.1) is 5.82 Å². The fourth-order valence-corrected chi connectivity index (χ4v) is 4.63. The zero-order valence-electron chi connectivity index (χ0n) is 20.5. The van der Waals surface area contributed by atoms with Gasteiger partial charge in [0.05, 0.1) is 17.3 Å². The largest absolute Gasteiger partial charge is 0.360 e. The number of amides is 2. The first-order valence-corrected chi connectivity index (χ1v) is 12.2. The Balaban J connectivity index is 1.22. The molecule has 3 aromatic heterocycles. The van der Waals surface area contributed by atoms with Crippen molar-refractivity contribution >= 4 is 28.5 Å². The third kappa shape index (κ3) is 4.41. The lowest BCUT2D eigenvalue weighted by molar-refractivity contribution is -0.127.